The van der Waals surface area contributed by atoms with E-state index in [9.17, 15) is 24.3 Å². The smallest absolute Gasteiger partial charge is 0.543 e. The minimum atomic E-state index is -1.95. The molecule has 2 rings (SSSR count). The molecule has 9 heteroatoms. The normalized spacial score (nSPS) is 9.86. The second kappa shape index (κ2) is 6.47. The number of nitrogens with zero attached hydrogens (tertiary/aromatic N) is 1. The van der Waals surface area contributed by atoms with Gasteiger partial charge in [0.05, 0.1) is 17.4 Å². The Morgan fingerprint density at radius 2 is 1.73 bits per heavy atom. The third-order valence-electron chi connectivity index (χ3n) is 2.81. The van der Waals surface area contributed by atoms with Crippen molar-refractivity contribution in [3.63, 3.8) is 0 Å². The summed E-state index contributed by atoms with van der Waals surface area (Å²) >= 11 is 0. The van der Waals surface area contributed by atoms with Gasteiger partial charge in [0.1, 0.15) is 0 Å². The van der Waals surface area contributed by atoms with Crippen molar-refractivity contribution in [3.05, 3.63) is 61.9 Å². The summed E-state index contributed by atoms with van der Waals surface area (Å²) < 4.78 is 0.551. The fraction of sp³-hybridized carbons (Fsp3) is 0.0769. The molecule has 108 valence electrons. The van der Waals surface area contributed by atoms with Crippen molar-refractivity contribution in [2.75, 3.05) is 0 Å². The van der Waals surface area contributed by atoms with Gasteiger partial charge in [0, 0.05) is 0 Å². The first kappa shape index (κ1) is 17.5. The van der Waals surface area contributed by atoms with Crippen LogP contribution in [0.4, 0.5) is 0 Å². The monoisotopic (exact) mass is 296 g/mol. The van der Waals surface area contributed by atoms with Gasteiger partial charge in [-0.2, -0.15) is 0 Å². The second-order valence-corrected chi connectivity index (χ2v) is 4.25. The SMILES string of the molecule is Cc1ccc(-n2c(=O)[nH]c(C(=O)[O-])c(C(=O)O)c2=O)cc1.[Li+]. The van der Waals surface area contributed by atoms with Crippen LogP contribution in [0.15, 0.2) is 33.9 Å². The number of benzene rings is 1. The average molecular weight is 296 g/mol. The number of aromatic amines is 1. The number of hydrogen-bond donors (Lipinski definition) is 2. The summed E-state index contributed by atoms with van der Waals surface area (Å²) in [5.74, 6) is -3.71. The molecule has 0 amide bonds. The fourth-order valence-electron chi connectivity index (χ4n) is 1.82. The Morgan fingerprint density at radius 1 is 1.18 bits per heavy atom. The van der Waals surface area contributed by atoms with Crippen LogP contribution in [0.2, 0.25) is 0 Å². The van der Waals surface area contributed by atoms with Gasteiger partial charge in [-0.3, -0.25) is 4.79 Å². The van der Waals surface area contributed by atoms with E-state index in [2.05, 4.69) is 0 Å². The Morgan fingerprint density at radius 3 is 2.18 bits per heavy atom. The van der Waals surface area contributed by atoms with Gasteiger partial charge in [0.15, 0.2) is 5.56 Å². The first-order chi connectivity index (χ1) is 9.82. The molecule has 0 bridgehead atoms. The predicted octanol–water partition coefficient (Wildman–Crippen LogP) is -4.10. The molecular weight excluding hydrogens is 287 g/mol. The number of nitrogens with one attached hydrogen (secondary N) is 1. The number of carbonyl (C=O) groups excluding carboxylic acids is 1. The minimum absolute atomic E-state index is 0. The third kappa shape index (κ3) is 3.03. The molecule has 0 spiro atoms. The number of H-pyrrole nitrogens is 1. The Balaban J connectivity index is 0.00000242. The zero-order chi connectivity index (χ0) is 15.7. The molecule has 0 saturated heterocycles. The van der Waals surface area contributed by atoms with Gasteiger partial charge >= 0.3 is 30.5 Å². The molecule has 0 radical (unpaired) electrons. The molecule has 0 atom stereocenters. The zero-order valence-electron chi connectivity index (χ0n) is 11.7. The van der Waals surface area contributed by atoms with Crippen LogP contribution in [0.3, 0.4) is 0 Å². The number of aromatic carboxylic acids is 2. The molecular formula is C13H9LiN2O6. The Hall–Kier alpha value is -2.56. The van der Waals surface area contributed by atoms with E-state index in [0.717, 1.165) is 5.56 Å². The largest absolute Gasteiger partial charge is 1.00 e. The summed E-state index contributed by atoms with van der Waals surface area (Å²) in [6.07, 6.45) is 0. The van der Waals surface area contributed by atoms with Gasteiger partial charge in [0.25, 0.3) is 5.56 Å². The summed E-state index contributed by atoms with van der Waals surface area (Å²) in [4.78, 5) is 47.7. The van der Waals surface area contributed by atoms with E-state index in [0.29, 0.717) is 4.57 Å². The van der Waals surface area contributed by atoms with Crippen LogP contribution in [-0.2, 0) is 0 Å². The summed E-state index contributed by atoms with van der Waals surface area (Å²) in [5, 5.41) is 19.8. The van der Waals surface area contributed by atoms with Crippen molar-refractivity contribution in [3.8, 4) is 5.69 Å². The molecule has 0 saturated carbocycles. The van der Waals surface area contributed by atoms with E-state index >= 15 is 0 Å². The first-order valence-corrected chi connectivity index (χ1v) is 5.74. The number of carboxylic acid groups (broad SMARTS) is 2. The van der Waals surface area contributed by atoms with E-state index in [1.807, 2.05) is 4.98 Å². The molecule has 0 aliphatic heterocycles. The van der Waals surface area contributed by atoms with Crippen molar-refractivity contribution >= 4 is 11.9 Å². The van der Waals surface area contributed by atoms with E-state index in [-0.39, 0.29) is 24.5 Å². The molecule has 1 aromatic heterocycles. The molecule has 1 heterocycles. The Kier molecular flexibility index (Phi) is 5.14. The van der Waals surface area contributed by atoms with Gasteiger partial charge in [-0.1, -0.05) is 17.7 Å². The van der Waals surface area contributed by atoms with Gasteiger partial charge < -0.3 is 20.0 Å². The molecule has 0 unspecified atom stereocenters. The van der Waals surface area contributed by atoms with Gasteiger partial charge in [-0.25, -0.2) is 14.2 Å². The topological polar surface area (TPSA) is 132 Å². The van der Waals surface area contributed by atoms with Crippen LogP contribution in [0, 0.1) is 6.92 Å². The van der Waals surface area contributed by atoms with Crippen LogP contribution < -0.4 is 35.2 Å². The Bertz CT molecular complexity index is 850. The minimum Gasteiger partial charge on any atom is -0.543 e. The number of rotatable bonds is 3. The van der Waals surface area contributed by atoms with Crippen LogP contribution >= 0.6 is 0 Å². The van der Waals surface area contributed by atoms with Gasteiger partial charge in [-0.05, 0) is 19.1 Å². The maximum atomic E-state index is 12.1. The van der Waals surface area contributed by atoms with E-state index in [1.54, 1.807) is 19.1 Å². The third-order valence-corrected chi connectivity index (χ3v) is 2.81. The second-order valence-electron chi connectivity index (χ2n) is 4.25. The maximum Gasteiger partial charge on any atom is 1.00 e. The molecule has 0 aliphatic rings. The summed E-state index contributed by atoms with van der Waals surface area (Å²) in [7, 11) is 0. The molecule has 8 nitrogen and oxygen atoms in total. The fourth-order valence-corrected chi connectivity index (χ4v) is 1.82. The van der Waals surface area contributed by atoms with E-state index < -0.39 is 34.4 Å². The molecule has 2 N–H and O–H groups in total. The van der Waals surface area contributed by atoms with Gasteiger partial charge in [0.2, 0.25) is 0 Å². The Labute approximate surface area is 135 Å². The number of hydrogen-bond acceptors (Lipinski definition) is 5. The quantitative estimate of drug-likeness (QED) is 0.553. The number of aromatic nitrogens is 2. The van der Waals surface area contributed by atoms with Crippen molar-refractivity contribution in [2.45, 2.75) is 6.92 Å². The van der Waals surface area contributed by atoms with E-state index in [1.165, 1.54) is 12.1 Å². The molecule has 2 aromatic rings. The molecule has 22 heavy (non-hydrogen) atoms. The van der Waals surface area contributed by atoms with E-state index in [4.69, 9.17) is 5.11 Å². The summed E-state index contributed by atoms with van der Waals surface area (Å²) in [6, 6.07) is 6.12. The predicted molar refractivity (Wildman–Crippen MR) is 68.7 cm³/mol. The number of carbonyl (C=O) groups is 2. The van der Waals surface area contributed by atoms with Crippen LogP contribution in [-0.4, -0.2) is 26.6 Å². The van der Waals surface area contributed by atoms with Crippen molar-refractivity contribution < 1.29 is 38.7 Å². The zero-order valence-corrected chi connectivity index (χ0v) is 11.7. The van der Waals surface area contributed by atoms with Crippen LogP contribution in [0.25, 0.3) is 5.69 Å². The van der Waals surface area contributed by atoms with Crippen LogP contribution in [0.1, 0.15) is 26.4 Å². The number of aryl methyl sites for hydroxylation is 1. The summed E-state index contributed by atoms with van der Waals surface area (Å²) in [5.41, 5.74) is -3.43. The van der Waals surface area contributed by atoms with Crippen molar-refractivity contribution in [1.82, 2.24) is 9.55 Å². The first-order valence-electron chi connectivity index (χ1n) is 5.74. The van der Waals surface area contributed by atoms with Crippen molar-refractivity contribution in [1.29, 1.82) is 0 Å². The molecule has 1 aromatic carbocycles. The summed E-state index contributed by atoms with van der Waals surface area (Å²) in [6.45, 7) is 1.79. The standard InChI is InChI=1S/C13H10N2O6.Li/c1-6-2-4-7(5-3-6)15-10(16)8(11(17)18)9(12(19)20)14-13(15)21;/h2-5H,1H3,(H,14,21)(H,17,18)(H,19,20);/q;+1/p-1. The number of carboxylic acids is 2. The van der Waals surface area contributed by atoms with Gasteiger partial charge in [-0.15, -0.1) is 0 Å². The average Bonchev–Trinajstić information content (AvgIpc) is 2.39. The molecule has 0 fully saturated rings. The maximum absolute atomic E-state index is 12.1. The molecule has 0 aliphatic carbocycles. The van der Waals surface area contributed by atoms with Crippen molar-refractivity contribution in [2.24, 2.45) is 0 Å². The van der Waals surface area contributed by atoms with Crippen LogP contribution in [0.5, 0.6) is 0 Å².